The van der Waals surface area contributed by atoms with Gasteiger partial charge in [0.25, 0.3) is 10.0 Å². The van der Waals surface area contributed by atoms with Crippen LogP contribution < -0.4 is 9.62 Å². The SMILES string of the molecule is CCn1c2ccccc2c2cc(NC(=O)CN(c3cccc(C)c3)S(=O)(=O)c3ccc(C)cc3)ccc21. The molecule has 188 valence electrons. The fourth-order valence-corrected chi connectivity index (χ4v) is 6.15. The molecule has 0 aliphatic rings. The second-order valence-electron chi connectivity index (χ2n) is 9.21. The van der Waals surface area contributed by atoms with E-state index in [4.69, 9.17) is 0 Å². The minimum absolute atomic E-state index is 0.140. The minimum Gasteiger partial charge on any atom is -0.341 e. The van der Waals surface area contributed by atoms with E-state index in [9.17, 15) is 13.2 Å². The first kappa shape index (κ1) is 24.6. The van der Waals surface area contributed by atoms with Crippen molar-refractivity contribution in [2.45, 2.75) is 32.2 Å². The summed E-state index contributed by atoms with van der Waals surface area (Å²) in [6, 6.07) is 27.8. The van der Waals surface area contributed by atoms with Crippen LogP contribution in [0.25, 0.3) is 21.8 Å². The van der Waals surface area contributed by atoms with Crippen LogP contribution in [0.2, 0.25) is 0 Å². The molecule has 0 fully saturated rings. The van der Waals surface area contributed by atoms with E-state index in [0.717, 1.165) is 39.5 Å². The average molecular weight is 512 g/mol. The van der Waals surface area contributed by atoms with Crippen LogP contribution in [0.5, 0.6) is 0 Å². The minimum atomic E-state index is -3.97. The Morgan fingerprint density at radius 3 is 2.27 bits per heavy atom. The number of rotatable bonds is 7. The number of fused-ring (bicyclic) bond motifs is 3. The van der Waals surface area contributed by atoms with Gasteiger partial charge < -0.3 is 9.88 Å². The molecule has 0 aliphatic heterocycles. The van der Waals surface area contributed by atoms with Crippen molar-refractivity contribution in [1.29, 1.82) is 0 Å². The van der Waals surface area contributed by atoms with Gasteiger partial charge >= 0.3 is 0 Å². The van der Waals surface area contributed by atoms with Gasteiger partial charge in [0, 0.05) is 34.0 Å². The molecule has 0 aliphatic carbocycles. The maximum atomic E-state index is 13.6. The second-order valence-corrected chi connectivity index (χ2v) is 11.1. The highest BCUT2D eigenvalue weighted by Crippen LogP contribution is 2.31. The number of benzene rings is 4. The Morgan fingerprint density at radius 2 is 1.54 bits per heavy atom. The van der Waals surface area contributed by atoms with E-state index in [1.807, 2.05) is 50.2 Å². The average Bonchev–Trinajstić information content (AvgIpc) is 3.20. The zero-order valence-electron chi connectivity index (χ0n) is 21.1. The van der Waals surface area contributed by atoms with Crippen LogP contribution in [-0.4, -0.2) is 25.4 Å². The number of nitrogens with one attached hydrogen (secondary N) is 1. The maximum absolute atomic E-state index is 13.6. The molecule has 4 aromatic carbocycles. The number of anilines is 2. The first-order valence-electron chi connectivity index (χ1n) is 12.2. The van der Waals surface area contributed by atoms with Crippen LogP contribution in [0.4, 0.5) is 11.4 Å². The lowest BCUT2D eigenvalue weighted by atomic mass is 10.1. The Bertz CT molecular complexity index is 1720. The number of hydrogen-bond acceptors (Lipinski definition) is 3. The highest BCUT2D eigenvalue weighted by atomic mass is 32.2. The highest BCUT2D eigenvalue weighted by Gasteiger charge is 2.27. The van der Waals surface area contributed by atoms with E-state index in [0.29, 0.717) is 11.4 Å². The molecule has 0 radical (unpaired) electrons. The van der Waals surface area contributed by atoms with Crippen LogP contribution in [0.3, 0.4) is 0 Å². The van der Waals surface area contributed by atoms with Gasteiger partial charge in [-0.1, -0.05) is 48.0 Å². The van der Waals surface area contributed by atoms with Crippen molar-refractivity contribution in [2.24, 2.45) is 0 Å². The van der Waals surface area contributed by atoms with Crippen molar-refractivity contribution in [3.8, 4) is 0 Å². The summed E-state index contributed by atoms with van der Waals surface area (Å²) in [6.07, 6.45) is 0. The number of hydrogen-bond donors (Lipinski definition) is 1. The first-order chi connectivity index (χ1) is 17.8. The van der Waals surface area contributed by atoms with E-state index in [2.05, 4.69) is 28.9 Å². The third-order valence-corrected chi connectivity index (χ3v) is 8.35. The summed E-state index contributed by atoms with van der Waals surface area (Å²) < 4.78 is 30.7. The molecular weight excluding hydrogens is 482 g/mol. The van der Waals surface area contributed by atoms with Crippen LogP contribution in [0.15, 0.2) is 95.9 Å². The van der Waals surface area contributed by atoms with Crippen molar-refractivity contribution in [2.75, 3.05) is 16.2 Å². The van der Waals surface area contributed by atoms with Crippen molar-refractivity contribution >= 4 is 49.1 Å². The molecule has 0 unspecified atom stereocenters. The summed E-state index contributed by atoms with van der Waals surface area (Å²) in [7, 11) is -3.97. The number of amides is 1. The summed E-state index contributed by atoms with van der Waals surface area (Å²) in [5.74, 6) is -0.421. The fraction of sp³-hybridized carbons (Fsp3) is 0.167. The quantitative estimate of drug-likeness (QED) is 0.280. The van der Waals surface area contributed by atoms with Gasteiger partial charge in [-0.3, -0.25) is 9.10 Å². The van der Waals surface area contributed by atoms with Gasteiger partial charge in [-0.2, -0.15) is 0 Å². The number of sulfonamides is 1. The molecule has 0 bridgehead atoms. The molecule has 1 heterocycles. The highest BCUT2D eigenvalue weighted by molar-refractivity contribution is 7.92. The van der Waals surface area contributed by atoms with Crippen LogP contribution in [-0.2, 0) is 21.4 Å². The Balaban J connectivity index is 1.48. The van der Waals surface area contributed by atoms with E-state index in [1.54, 1.807) is 42.5 Å². The molecule has 0 atom stereocenters. The second kappa shape index (κ2) is 9.75. The van der Waals surface area contributed by atoms with Crippen molar-refractivity contribution in [1.82, 2.24) is 4.57 Å². The Hall–Kier alpha value is -4.10. The molecule has 1 N–H and O–H groups in total. The lowest BCUT2D eigenvalue weighted by molar-refractivity contribution is -0.114. The largest absolute Gasteiger partial charge is 0.341 e. The molecule has 7 heteroatoms. The van der Waals surface area contributed by atoms with E-state index in [-0.39, 0.29) is 11.4 Å². The fourth-order valence-electron chi connectivity index (χ4n) is 4.74. The Labute approximate surface area is 217 Å². The standard InChI is InChI=1S/C30H29N3O3S/c1-4-32-28-11-6-5-10-26(28)27-19-23(14-17-29(27)32)31-30(34)20-33(24-9-7-8-22(3)18-24)37(35,36)25-15-12-21(2)13-16-25/h5-19H,4,20H2,1-3H3,(H,31,34). The Kier molecular flexibility index (Phi) is 6.48. The number of carbonyl (C=O) groups is 1. The number of para-hydroxylation sites is 1. The van der Waals surface area contributed by atoms with Gasteiger partial charge in [0.05, 0.1) is 10.6 Å². The number of carbonyl (C=O) groups excluding carboxylic acids is 1. The summed E-state index contributed by atoms with van der Waals surface area (Å²) in [5, 5.41) is 5.07. The topological polar surface area (TPSA) is 71.4 Å². The molecule has 1 amide bonds. The summed E-state index contributed by atoms with van der Waals surface area (Å²) in [6.45, 7) is 6.38. The molecular formula is C30H29N3O3S. The number of aromatic nitrogens is 1. The van der Waals surface area contributed by atoms with Crippen LogP contribution >= 0.6 is 0 Å². The van der Waals surface area contributed by atoms with Gasteiger partial charge in [0.1, 0.15) is 6.54 Å². The third kappa shape index (κ3) is 4.70. The molecule has 5 aromatic rings. The number of aryl methyl sites for hydroxylation is 3. The molecule has 1 aromatic heterocycles. The van der Waals surface area contributed by atoms with Crippen molar-refractivity contribution in [3.05, 3.63) is 102 Å². The van der Waals surface area contributed by atoms with Gasteiger partial charge in [0.15, 0.2) is 0 Å². The monoisotopic (exact) mass is 511 g/mol. The predicted octanol–water partition coefficient (Wildman–Crippen LogP) is 6.27. The van der Waals surface area contributed by atoms with Gasteiger partial charge in [0.2, 0.25) is 5.91 Å². The number of nitrogens with zero attached hydrogens (tertiary/aromatic N) is 2. The maximum Gasteiger partial charge on any atom is 0.264 e. The van der Waals surface area contributed by atoms with E-state index in [1.165, 1.54) is 4.31 Å². The predicted molar refractivity (Wildman–Crippen MR) is 151 cm³/mol. The summed E-state index contributed by atoms with van der Waals surface area (Å²) in [5.41, 5.74) is 5.15. The lowest BCUT2D eigenvalue weighted by Gasteiger charge is -2.24. The Morgan fingerprint density at radius 1 is 0.811 bits per heavy atom. The third-order valence-electron chi connectivity index (χ3n) is 6.56. The van der Waals surface area contributed by atoms with Crippen molar-refractivity contribution < 1.29 is 13.2 Å². The molecule has 6 nitrogen and oxygen atoms in total. The van der Waals surface area contributed by atoms with Crippen LogP contribution in [0.1, 0.15) is 18.1 Å². The molecule has 5 rings (SSSR count). The molecule has 37 heavy (non-hydrogen) atoms. The zero-order chi connectivity index (χ0) is 26.2. The van der Waals surface area contributed by atoms with E-state index < -0.39 is 15.9 Å². The van der Waals surface area contributed by atoms with Gasteiger partial charge in [-0.05, 0) is 74.9 Å². The molecule has 0 spiro atoms. The first-order valence-corrected chi connectivity index (χ1v) is 13.7. The normalized spacial score (nSPS) is 11.6. The van der Waals surface area contributed by atoms with Crippen molar-refractivity contribution in [3.63, 3.8) is 0 Å². The summed E-state index contributed by atoms with van der Waals surface area (Å²) >= 11 is 0. The molecule has 0 saturated carbocycles. The lowest BCUT2D eigenvalue weighted by Crippen LogP contribution is -2.38. The van der Waals surface area contributed by atoms with Crippen LogP contribution in [0, 0.1) is 13.8 Å². The van der Waals surface area contributed by atoms with E-state index >= 15 is 0 Å². The zero-order valence-corrected chi connectivity index (χ0v) is 21.9. The van der Waals surface area contributed by atoms with Gasteiger partial charge in [-0.15, -0.1) is 0 Å². The smallest absolute Gasteiger partial charge is 0.264 e. The van der Waals surface area contributed by atoms with Gasteiger partial charge in [-0.25, -0.2) is 8.42 Å². The molecule has 0 saturated heterocycles. The summed E-state index contributed by atoms with van der Waals surface area (Å²) in [4.78, 5) is 13.4.